The number of aromatic nitrogens is 2. The van der Waals surface area contributed by atoms with Crippen molar-refractivity contribution in [2.75, 3.05) is 21.3 Å². The van der Waals surface area contributed by atoms with Gasteiger partial charge in [0, 0.05) is 12.6 Å². The molecular weight excluding hydrogens is 370 g/mol. The van der Waals surface area contributed by atoms with Crippen LogP contribution in [0, 0.1) is 0 Å². The first kappa shape index (κ1) is 18.7. The van der Waals surface area contributed by atoms with Crippen LogP contribution in [0.4, 0.5) is 0 Å². The molecule has 3 aromatic rings. The Morgan fingerprint density at radius 3 is 2.56 bits per heavy atom. The molecule has 1 amide bonds. The predicted molar refractivity (Wildman–Crippen MR) is 100 cm³/mol. The monoisotopic (exact) mass is 387 g/mol. The molecule has 0 aliphatic heterocycles. The van der Waals surface area contributed by atoms with Gasteiger partial charge < -0.3 is 18.8 Å². The van der Waals surface area contributed by atoms with Gasteiger partial charge in [0.25, 0.3) is 5.91 Å². The maximum Gasteiger partial charge on any atom is 0.255 e. The summed E-state index contributed by atoms with van der Waals surface area (Å²) in [6.07, 6.45) is 0. The van der Waals surface area contributed by atoms with Crippen LogP contribution in [0.1, 0.15) is 16.2 Å². The molecule has 27 heavy (non-hydrogen) atoms. The van der Waals surface area contributed by atoms with E-state index in [-0.39, 0.29) is 12.5 Å². The largest absolute Gasteiger partial charge is 0.493 e. The first-order chi connectivity index (χ1) is 13.0. The molecule has 3 rings (SSSR count). The Balaban J connectivity index is 1.76. The zero-order valence-electron chi connectivity index (χ0n) is 15.1. The van der Waals surface area contributed by atoms with Crippen LogP contribution in [0.25, 0.3) is 11.5 Å². The van der Waals surface area contributed by atoms with E-state index in [0.717, 1.165) is 0 Å². The molecule has 0 N–H and O–H groups in total. The standard InChI is InChI=1S/C19H18ClN3O4/c1-23(19(24)13-6-4-5-7-14(13)20)11-17-21-22-18(27-17)12-8-9-15(25-2)16(10-12)26-3/h4-10H,11H2,1-3H3. The van der Waals surface area contributed by atoms with Crippen LogP contribution in [0.3, 0.4) is 0 Å². The SMILES string of the molecule is COc1ccc(-c2nnc(CN(C)C(=O)c3ccccc3Cl)o2)cc1OC. The van der Waals surface area contributed by atoms with Crippen LogP contribution >= 0.6 is 11.6 Å². The molecule has 1 heterocycles. The van der Waals surface area contributed by atoms with Crippen molar-refractivity contribution in [3.05, 3.63) is 58.9 Å². The summed E-state index contributed by atoms with van der Waals surface area (Å²) in [5.41, 5.74) is 1.10. The smallest absolute Gasteiger partial charge is 0.255 e. The van der Waals surface area contributed by atoms with E-state index in [9.17, 15) is 4.79 Å². The Kier molecular flexibility index (Phi) is 5.61. The van der Waals surface area contributed by atoms with E-state index in [0.29, 0.717) is 39.4 Å². The number of hydrogen-bond donors (Lipinski definition) is 0. The zero-order valence-corrected chi connectivity index (χ0v) is 15.9. The highest BCUT2D eigenvalue weighted by atomic mass is 35.5. The molecule has 0 aliphatic carbocycles. The lowest BCUT2D eigenvalue weighted by Gasteiger charge is -2.15. The van der Waals surface area contributed by atoms with E-state index in [1.54, 1.807) is 63.7 Å². The van der Waals surface area contributed by atoms with Gasteiger partial charge in [0.2, 0.25) is 11.8 Å². The van der Waals surface area contributed by atoms with Crippen molar-refractivity contribution < 1.29 is 18.7 Å². The van der Waals surface area contributed by atoms with Gasteiger partial charge in [0.05, 0.1) is 31.4 Å². The first-order valence-corrected chi connectivity index (χ1v) is 8.46. The van der Waals surface area contributed by atoms with Crippen LogP contribution in [0.15, 0.2) is 46.9 Å². The average molecular weight is 388 g/mol. The lowest BCUT2D eigenvalue weighted by Crippen LogP contribution is -2.26. The van der Waals surface area contributed by atoms with Gasteiger partial charge in [-0.05, 0) is 30.3 Å². The molecular formula is C19H18ClN3O4. The highest BCUT2D eigenvalue weighted by Crippen LogP contribution is 2.31. The number of benzene rings is 2. The fourth-order valence-electron chi connectivity index (χ4n) is 2.52. The van der Waals surface area contributed by atoms with Crippen LogP contribution < -0.4 is 9.47 Å². The van der Waals surface area contributed by atoms with Gasteiger partial charge in [0.1, 0.15) is 0 Å². The molecule has 0 radical (unpaired) electrons. The minimum atomic E-state index is -0.230. The van der Waals surface area contributed by atoms with Crippen molar-refractivity contribution in [3.8, 4) is 23.0 Å². The number of halogens is 1. The van der Waals surface area contributed by atoms with Crippen LogP contribution in [-0.2, 0) is 6.54 Å². The number of carbonyl (C=O) groups is 1. The number of hydrogen-bond acceptors (Lipinski definition) is 6. The Bertz CT molecular complexity index is 958. The zero-order chi connectivity index (χ0) is 19.4. The third kappa shape index (κ3) is 4.03. The van der Waals surface area contributed by atoms with E-state index in [1.165, 1.54) is 4.90 Å². The number of rotatable bonds is 6. The minimum Gasteiger partial charge on any atom is -0.493 e. The van der Waals surface area contributed by atoms with Crippen molar-refractivity contribution >= 4 is 17.5 Å². The number of amides is 1. The predicted octanol–water partition coefficient (Wildman–Crippen LogP) is 3.68. The molecule has 0 bridgehead atoms. The Labute approximate surface area is 161 Å². The van der Waals surface area contributed by atoms with Crippen molar-refractivity contribution in [1.29, 1.82) is 0 Å². The molecule has 0 aliphatic rings. The van der Waals surface area contributed by atoms with E-state index in [4.69, 9.17) is 25.5 Å². The molecule has 0 spiro atoms. The van der Waals surface area contributed by atoms with Gasteiger partial charge in [0.15, 0.2) is 11.5 Å². The molecule has 2 aromatic carbocycles. The third-order valence-electron chi connectivity index (χ3n) is 3.92. The van der Waals surface area contributed by atoms with Crippen LogP contribution in [0.5, 0.6) is 11.5 Å². The molecule has 0 saturated heterocycles. The van der Waals surface area contributed by atoms with Gasteiger partial charge in [-0.2, -0.15) is 0 Å². The average Bonchev–Trinajstić information content (AvgIpc) is 3.15. The van der Waals surface area contributed by atoms with Gasteiger partial charge in [-0.3, -0.25) is 4.79 Å². The summed E-state index contributed by atoms with van der Waals surface area (Å²) < 4.78 is 16.2. The van der Waals surface area contributed by atoms with Crippen LogP contribution in [0.2, 0.25) is 5.02 Å². The summed E-state index contributed by atoms with van der Waals surface area (Å²) in [4.78, 5) is 14.0. The molecule has 0 saturated carbocycles. The van der Waals surface area contributed by atoms with Crippen molar-refractivity contribution in [2.24, 2.45) is 0 Å². The first-order valence-electron chi connectivity index (χ1n) is 8.08. The Hall–Kier alpha value is -3.06. The summed E-state index contributed by atoms with van der Waals surface area (Å²) in [6, 6.07) is 12.2. The molecule has 0 unspecified atom stereocenters. The Morgan fingerprint density at radius 1 is 1.11 bits per heavy atom. The fourth-order valence-corrected chi connectivity index (χ4v) is 2.73. The summed E-state index contributed by atoms with van der Waals surface area (Å²) in [5, 5.41) is 8.45. The van der Waals surface area contributed by atoms with E-state index >= 15 is 0 Å². The summed E-state index contributed by atoms with van der Waals surface area (Å²) in [5.74, 6) is 1.56. The normalized spacial score (nSPS) is 10.5. The lowest BCUT2D eigenvalue weighted by atomic mass is 10.2. The summed E-state index contributed by atoms with van der Waals surface area (Å²) in [6.45, 7) is 0.157. The molecule has 0 fully saturated rings. The van der Waals surface area contributed by atoms with Gasteiger partial charge >= 0.3 is 0 Å². The van der Waals surface area contributed by atoms with E-state index < -0.39 is 0 Å². The second-order valence-corrected chi connectivity index (χ2v) is 6.12. The minimum absolute atomic E-state index is 0.157. The highest BCUT2D eigenvalue weighted by molar-refractivity contribution is 6.33. The molecule has 0 atom stereocenters. The van der Waals surface area contributed by atoms with Crippen molar-refractivity contribution in [1.82, 2.24) is 15.1 Å². The molecule has 7 nitrogen and oxygen atoms in total. The number of ether oxygens (including phenoxy) is 2. The second kappa shape index (κ2) is 8.09. The molecule has 8 heteroatoms. The Morgan fingerprint density at radius 2 is 1.85 bits per heavy atom. The highest BCUT2D eigenvalue weighted by Gasteiger charge is 2.18. The maximum atomic E-state index is 12.5. The van der Waals surface area contributed by atoms with Crippen LogP contribution in [-0.4, -0.2) is 42.3 Å². The van der Waals surface area contributed by atoms with E-state index in [2.05, 4.69) is 10.2 Å². The topological polar surface area (TPSA) is 77.7 Å². The summed E-state index contributed by atoms with van der Waals surface area (Å²) >= 11 is 6.08. The quantitative estimate of drug-likeness (QED) is 0.642. The van der Waals surface area contributed by atoms with Gasteiger partial charge in [-0.25, -0.2) is 0 Å². The molecule has 140 valence electrons. The molecule has 1 aromatic heterocycles. The summed E-state index contributed by atoms with van der Waals surface area (Å²) in [7, 11) is 4.76. The third-order valence-corrected chi connectivity index (χ3v) is 4.25. The fraction of sp³-hybridized carbons (Fsp3) is 0.211. The van der Waals surface area contributed by atoms with Gasteiger partial charge in [-0.15, -0.1) is 10.2 Å². The second-order valence-electron chi connectivity index (χ2n) is 5.71. The van der Waals surface area contributed by atoms with E-state index in [1.807, 2.05) is 0 Å². The lowest BCUT2D eigenvalue weighted by molar-refractivity contribution is 0.0773. The van der Waals surface area contributed by atoms with Crippen molar-refractivity contribution in [2.45, 2.75) is 6.54 Å². The maximum absolute atomic E-state index is 12.5. The van der Waals surface area contributed by atoms with Crippen molar-refractivity contribution in [3.63, 3.8) is 0 Å². The number of carbonyl (C=O) groups excluding carboxylic acids is 1. The number of methoxy groups -OCH3 is 2. The van der Waals surface area contributed by atoms with Gasteiger partial charge in [-0.1, -0.05) is 23.7 Å². The number of nitrogens with zero attached hydrogens (tertiary/aromatic N) is 3.